The van der Waals surface area contributed by atoms with E-state index in [9.17, 15) is 0 Å². The van der Waals surface area contributed by atoms with Gasteiger partial charge in [0.15, 0.2) is 0 Å². The SMILES string of the molecule is Cl.ClC1CCCC2C3NC4NC(NC5NC(NC6NC(NC(N3)C12)C1CCCCC61)C1CCCCC51)C1CCCCC41.[SiH4]. The van der Waals surface area contributed by atoms with Crippen LogP contribution in [0.15, 0.2) is 0 Å². The fraction of sp³-hybridized carbons (Fsp3) is 1.00. The summed E-state index contributed by atoms with van der Waals surface area (Å²) in [5, 5.41) is 33.8. The second-order valence-corrected chi connectivity index (χ2v) is 16.2. The van der Waals surface area contributed by atoms with Gasteiger partial charge in [-0.25, -0.2) is 0 Å². The highest BCUT2D eigenvalue weighted by molar-refractivity contribution is 6.20. The van der Waals surface area contributed by atoms with Crippen LogP contribution in [0, 0.1) is 47.3 Å². The zero-order chi connectivity index (χ0) is 27.1. The Morgan fingerprint density at radius 3 is 0.907 bits per heavy atom. The van der Waals surface area contributed by atoms with Gasteiger partial charge in [-0.3, -0.25) is 42.5 Å². The molecule has 9 aliphatic rings. The molecule has 17 atom stereocenters. The molecular formula is C32H60Cl2N8Si. The Morgan fingerprint density at radius 2 is 0.581 bits per heavy atom. The Kier molecular flexibility index (Phi) is 9.82. The first-order chi connectivity index (χ1) is 20.2. The molecule has 9 rings (SSSR count). The van der Waals surface area contributed by atoms with E-state index in [0.717, 1.165) is 18.3 Å². The second-order valence-electron chi connectivity index (χ2n) is 15.7. The van der Waals surface area contributed by atoms with Crippen LogP contribution in [0.3, 0.4) is 0 Å². The van der Waals surface area contributed by atoms with Gasteiger partial charge in [0.1, 0.15) is 0 Å². The highest BCUT2D eigenvalue weighted by Gasteiger charge is 2.55. The van der Waals surface area contributed by atoms with Crippen molar-refractivity contribution in [2.75, 3.05) is 0 Å². The predicted octanol–water partition coefficient (Wildman–Crippen LogP) is 1.79. The van der Waals surface area contributed by atoms with Gasteiger partial charge in [-0.2, -0.15) is 0 Å². The molecule has 8 nitrogen and oxygen atoms in total. The molecule has 5 heterocycles. The molecule has 11 heteroatoms. The zero-order valence-corrected chi connectivity index (χ0v) is 26.8. The van der Waals surface area contributed by atoms with Gasteiger partial charge < -0.3 is 0 Å². The summed E-state index contributed by atoms with van der Waals surface area (Å²) in [5.41, 5.74) is 0. The minimum Gasteiger partial charge on any atom is -0.286 e. The third kappa shape index (κ3) is 5.60. The zero-order valence-electron chi connectivity index (χ0n) is 25.2. The standard InChI is InChI=1S/C32H55ClN8.ClH.H4Si/c33-23-15-7-14-22-24(23)32-40-30-21-13-6-5-12-20(21)28(38-30)36-26-17-9-2-1-8-16(17)25(34-26)35-27-18-10-3-4-11-19(18)29(37-27)39-31(22)41-32;;/h16-32,34-41H,1-15H2;1H;1H4. The highest BCUT2D eigenvalue weighted by atomic mass is 35.5. The molecule has 8 bridgehead atoms. The van der Waals surface area contributed by atoms with E-state index < -0.39 is 0 Å². The number of rotatable bonds is 0. The van der Waals surface area contributed by atoms with Crippen molar-refractivity contribution in [2.45, 2.75) is 151 Å². The second kappa shape index (κ2) is 13.2. The molecule has 0 spiro atoms. The number of nitrogens with one attached hydrogen (secondary N) is 8. The molecule has 0 amide bonds. The summed E-state index contributed by atoms with van der Waals surface area (Å²) in [6.07, 6.45) is 22.9. The minimum absolute atomic E-state index is 0. The van der Waals surface area contributed by atoms with Crippen LogP contribution in [0.5, 0.6) is 0 Å². The average Bonchev–Trinajstić information content (AvgIpc) is 3.73. The normalized spacial score (nSPS) is 55.6. The summed E-state index contributed by atoms with van der Waals surface area (Å²) in [6.45, 7) is 0. The molecule has 9 fully saturated rings. The molecule has 0 aromatic rings. The van der Waals surface area contributed by atoms with E-state index in [4.69, 9.17) is 11.6 Å². The third-order valence-corrected chi connectivity index (χ3v) is 14.3. The van der Waals surface area contributed by atoms with Crippen LogP contribution in [0.25, 0.3) is 0 Å². The minimum atomic E-state index is 0. The molecule has 5 saturated heterocycles. The maximum absolute atomic E-state index is 7.19. The molecule has 43 heavy (non-hydrogen) atoms. The molecule has 8 N–H and O–H groups in total. The summed E-state index contributed by atoms with van der Waals surface area (Å²) in [6, 6.07) is 0. The van der Waals surface area contributed by atoms with E-state index in [1.807, 2.05) is 0 Å². The quantitative estimate of drug-likeness (QED) is 0.148. The molecule has 4 aliphatic carbocycles. The van der Waals surface area contributed by atoms with E-state index in [2.05, 4.69) is 42.5 Å². The van der Waals surface area contributed by atoms with Gasteiger partial charge in [-0.05, 0) is 104 Å². The smallest absolute Gasteiger partial charge is 0.0642 e. The fourth-order valence-electron chi connectivity index (χ4n) is 12.0. The summed E-state index contributed by atoms with van der Waals surface area (Å²) in [7, 11) is 0. The van der Waals surface area contributed by atoms with E-state index in [1.165, 1.54) is 89.9 Å². The number of hydrogen-bond donors (Lipinski definition) is 8. The number of alkyl halides is 1. The first-order valence-corrected chi connectivity index (χ1v) is 18.4. The Balaban J connectivity index is 0.00000150. The molecule has 246 valence electrons. The van der Waals surface area contributed by atoms with Crippen LogP contribution in [-0.2, 0) is 0 Å². The van der Waals surface area contributed by atoms with Crippen molar-refractivity contribution in [3.63, 3.8) is 0 Å². The molecule has 0 aromatic heterocycles. The third-order valence-electron chi connectivity index (χ3n) is 13.8. The molecule has 17 unspecified atom stereocenters. The van der Waals surface area contributed by atoms with Crippen LogP contribution in [0.1, 0.15) is 96.3 Å². The lowest BCUT2D eigenvalue weighted by molar-refractivity contribution is 0.168. The van der Waals surface area contributed by atoms with Gasteiger partial charge in [0.25, 0.3) is 0 Å². The van der Waals surface area contributed by atoms with Crippen molar-refractivity contribution in [3.05, 3.63) is 0 Å². The van der Waals surface area contributed by atoms with E-state index in [1.54, 1.807) is 0 Å². The largest absolute Gasteiger partial charge is 0.286 e. The topological polar surface area (TPSA) is 96.2 Å². The maximum Gasteiger partial charge on any atom is 0.0642 e. The molecule has 5 aliphatic heterocycles. The first kappa shape index (κ1) is 32.0. The molecule has 0 aromatic carbocycles. The summed E-state index contributed by atoms with van der Waals surface area (Å²) in [5.74, 6) is 5.34. The Labute approximate surface area is 275 Å². The van der Waals surface area contributed by atoms with Gasteiger partial charge >= 0.3 is 0 Å². The Bertz CT molecular complexity index is 964. The van der Waals surface area contributed by atoms with Gasteiger partial charge in [-0.1, -0.05) is 44.9 Å². The molecule has 0 radical (unpaired) electrons. The lowest BCUT2D eigenvalue weighted by atomic mass is 9.76. The fourth-order valence-corrected chi connectivity index (χ4v) is 12.5. The van der Waals surface area contributed by atoms with Crippen LogP contribution >= 0.6 is 24.0 Å². The van der Waals surface area contributed by atoms with Crippen LogP contribution in [0.2, 0.25) is 0 Å². The summed E-state index contributed by atoms with van der Waals surface area (Å²) >= 11 is 7.19. The molecular weight excluding hydrogens is 595 g/mol. The Hall–Kier alpha value is 0.477. The van der Waals surface area contributed by atoms with Crippen molar-refractivity contribution >= 4 is 35.0 Å². The lowest BCUT2D eigenvalue weighted by Gasteiger charge is -2.37. The van der Waals surface area contributed by atoms with E-state index in [0.29, 0.717) is 78.7 Å². The van der Waals surface area contributed by atoms with Crippen molar-refractivity contribution in [1.29, 1.82) is 0 Å². The predicted molar refractivity (Wildman–Crippen MR) is 181 cm³/mol. The molecule has 4 saturated carbocycles. The number of hydrogen-bond acceptors (Lipinski definition) is 8. The van der Waals surface area contributed by atoms with E-state index >= 15 is 0 Å². The highest BCUT2D eigenvalue weighted by Crippen LogP contribution is 2.46. The van der Waals surface area contributed by atoms with Gasteiger partial charge in [0.05, 0.1) is 49.3 Å². The van der Waals surface area contributed by atoms with Gasteiger partial charge in [0.2, 0.25) is 0 Å². The van der Waals surface area contributed by atoms with Crippen molar-refractivity contribution in [1.82, 2.24) is 42.5 Å². The average molecular weight is 656 g/mol. The maximum atomic E-state index is 7.19. The van der Waals surface area contributed by atoms with Crippen molar-refractivity contribution in [3.8, 4) is 0 Å². The van der Waals surface area contributed by atoms with Crippen molar-refractivity contribution < 1.29 is 0 Å². The van der Waals surface area contributed by atoms with Gasteiger partial charge in [0, 0.05) is 11.3 Å². The Morgan fingerprint density at radius 1 is 0.326 bits per heavy atom. The number of fused-ring (bicyclic) bond motifs is 20. The monoisotopic (exact) mass is 654 g/mol. The van der Waals surface area contributed by atoms with Crippen LogP contribution < -0.4 is 42.5 Å². The van der Waals surface area contributed by atoms with Crippen LogP contribution in [-0.4, -0.2) is 65.7 Å². The van der Waals surface area contributed by atoms with E-state index in [-0.39, 0.29) is 34.9 Å². The summed E-state index contributed by atoms with van der Waals surface area (Å²) < 4.78 is 0. The first-order valence-electron chi connectivity index (χ1n) is 17.9. The van der Waals surface area contributed by atoms with Crippen molar-refractivity contribution in [2.24, 2.45) is 47.3 Å². The van der Waals surface area contributed by atoms with Crippen LogP contribution in [0.4, 0.5) is 0 Å². The number of halogens is 2. The van der Waals surface area contributed by atoms with Gasteiger partial charge in [-0.15, -0.1) is 24.0 Å². The summed E-state index contributed by atoms with van der Waals surface area (Å²) in [4.78, 5) is 0. The lowest BCUT2D eigenvalue weighted by Crippen LogP contribution is -2.61.